The number of aromatic amines is 1. The van der Waals surface area contributed by atoms with Crippen LogP contribution < -0.4 is 16.6 Å². The standard InChI is InChI=1S/C9H18N6/c1-2-3-4-11-9(15-10)12-5-8-6-13-14-7-8/h6-7H,2-5,10H2,1H3,(H,13,14)(H2,11,12,15). The number of aliphatic imine (C=N–C) groups is 1. The van der Waals surface area contributed by atoms with Gasteiger partial charge in [0.15, 0.2) is 0 Å². The van der Waals surface area contributed by atoms with Crippen molar-refractivity contribution < 1.29 is 0 Å². The molecule has 0 aliphatic heterocycles. The van der Waals surface area contributed by atoms with Crippen LogP contribution in [-0.2, 0) is 6.54 Å². The maximum absolute atomic E-state index is 5.33. The van der Waals surface area contributed by atoms with E-state index in [0.29, 0.717) is 12.5 Å². The van der Waals surface area contributed by atoms with Gasteiger partial charge in [0.25, 0.3) is 0 Å². The smallest absolute Gasteiger partial charge is 0.206 e. The molecule has 0 aliphatic carbocycles. The molecular weight excluding hydrogens is 192 g/mol. The average Bonchev–Trinajstić information content (AvgIpc) is 2.76. The zero-order valence-corrected chi connectivity index (χ0v) is 8.95. The summed E-state index contributed by atoms with van der Waals surface area (Å²) in [6.07, 6.45) is 5.80. The largest absolute Gasteiger partial charge is 0.355 e. The van der Waals surface area contributed by atoms with Crippen LogP contribution in [0.4, 0.5) is 0 Å². The van der Waals surface area contributed by atoms with E-state index in [1.165, 1.54) is 0 Å². The van der Waals surface area contributed by atoms with Crippen molar-refractivity contribution in [1.82, 2.24) is 20.9 Å². The van der Waals surface area contributed by atoms with Gasteiger partial charge >= 0.3 is 0 Å². The lowest BCUT2D eigenvalue weighted by Crippen LogP contribution is -2.41. The molecule has 0 bridgehead atoms. The average molecular weight is 210 g/mol. The molecular formula is C9H18N6. The number of nitrogens with zero attached hydrogens (tertiary/aromatic N) is 2. The van der Waals surface area contributed by atoms with E-state index in [1.807, 2.05) is 6.20 Å². The van der Waals surface area contributed by atoms with Gasteiger partial charge in [-0.25, -0.2) is 10.8 Å². The Hall–Kier alpha value is -1.56. The molecule has 0 saturated carbocycles. The van der Waals surface area contributed by atoms with Crippen molar-refractivity contribution in [2.24, 2.45) is 10.8 Å². The fourth-order valence-electron chi connectivity index (χ4n) is 1.07. The summed E-state index contributed by atoms with van der Waals surface area (Å²) in [4.78, 5) is 4.27. The predicted octanol–water partition coefficient (Wildman–Crippen LogP) is 0.119. The summed E-state index contributed by atoms with van der Waals surface area (Å²) in [5.74, 6) is 5.94. The number of H-pyrrole nitrogens is 1. The summed E-state index contributed by atoms with van der Waals surface area (Å²) in [7, 11) is 0. The van der Waals surface area contributed by atoms with Crippen LogP contribution in [0.5, 0.6) is 0 Å². The molecule has 0 fully saturated rings. The van der Waals surface area contributed by atoms with Gasteiger partial charge in [-0.2, -0.15) is 5.10 Å². The highest BCUT2D eigenvalue weighted by molar-refractivity contribution is 5.79. The molecule has 1 aromatic heterocycles. The van der Waals surface area contributed by atoms with E-state index in [1.54, 1.807) is 6.20 Å². The van der Waals surface area contributed by atoms with Crippen LogP contribution in [0.25, 0.3) is 0 Å². The van der Waals surface area contributed by atoms with Gasteiger partial charge in [-0.05, 0) is 6.42 Å². The second-order valence-electron chi connectivity index (χ2n) is 3.20. The molecule has 0 aliphatic rings. The van der Waals surface area contributed by atoms with Crippen LogP contribution in [0.1, 0.15) is 25.3 Å². The Labute approximate surface area is 89.3 Å². The number of hydrogen-bond donors (Lipinski definition) is 4. The zero-order chi connectivity index (χ0) is 10.9. The van der Waals surface area contributed by atoms with Gasteiger partial charge in [-0.3, -0.25) is 10.5 Å². The monoisotopic (exact) mass is 210 g/mol. The molecule has 0 aromatic carbocycles. The van der Waals surface area contributed by atoms with Crippen LogP contribution in [0, 0.1) is 0 Å². The minimum Gasteiger partial charge on any atom is -0.355 e. The molecule has 6 nitrogen and oxygen atoms in total. The molecule has 15 heavy (non-hydrogen) atoms. The molecule has 6 heteroatoms. The van der Waals surface area contributed by atoms with Crippen molar-refractivity contribution in [3.05, 3.63) is 18.0 Å². The van der Waals surface area contributed by atoms with E-state index in [2.05, 4.69) is 32.9 Å². The lowest BCUT2D eigenvalue weighted by Gasteiger charge is -2.07. The summed E-state index contributed by atoms with van der Waals surface area (Å²) in [6, 6.07) is 0. The lowest BCUT2D eigenvalue weighted by atomic mass is 10.3. The van der Waals surface area contributed by atoms with Gasteiger partial charge in [-0.15, -0.1) is 0 Å². The Balaban J connectivity index is 2.33. The number of rotatable bonds is 5. The zero-order valence-electron chi connectivity index (χ0n) is 8.95. The summed E-state index contributed by atoms with van der Waals surface area (Å²) < 4.78 is 0. The molecule has 1 heterocycles. The van der Waals surface area contributed by atoms with Crippen molar-refractivity contribution in [3.63, 3.8) is 0 Å². The van der Waals surface area contributed by atoms with Crippen molar-refractivity contribution in [2.75, 3.05) is 6.54 Å². The maximum Gasteiger partial charge on any atom is 0.206 e. The highest BCUT2D eigenvalue weighted by atomic mass is 15.3. The first-order valence-corrected chi connectivity index (χ1v) is 5.09. The van der Waals surface area contributed by atoms with E-state index < -0.39 is 0 Å². The molecule has 84 valence electrons. The molecule has 1 aromatic rings. The third-order valence-electron chi connectivity index (χ3n) is 1.93. The lowest BCUT2D eigenvalue weighted by molar-refractivity contribution is 0.732. The Morgan fingerprint density at radius 1 is 1.67 bits per heavy atom. The first-order valence-electron chi connectivity index (χ1n) is 5.09. The maximum atomic E-state index is 5.33. The van der Waals surface area contributed by atoms with Crippen LogP contribution >= 0.6 is 0 Å². The molecule has 5 N–H and O–H groups in total. The molecule has 1 rings (SSSR count). The fourth-order valence-corrected chi connectivity index (χ4v) is 1.07. The molecule has 0 radical (unpaired) electrons. The minimum absolute atomic E-state index is 0.565. The Morgan fingerprint density at radius 3 is 3.13 bits per heavy atom. The quantitative estimate of drug-likeness (QED) is 0.183. The first-order chi connectivity index (χ1) is 7.36. The number of unbranched alkanes of at least 4 members (excludes halogenated alkanes) is 1. The summed E-state index contributed by atoms with van der Waals surface area (Å²) in [5, 5.41) is 9.68. The summed E-state index contributed by atoms with van der Waals surface area (Å²) in [6.45, 7) is 3.58. The van der Waals surface area contributed by atoms with Gasteiger partial charge in [0.2, 0.25) is 5.96 Å². The number of nitrogens with two attached hydrogens (primary N) is 1. The predicted molar refractivity (Wildman–Crippen MR) is 60.0 cm³/mol. The normalized spacial score (nSPS) is 11.5. The molecule has 0 spiro atoms. The minimum atomic E-state index is 0.565. The Morgan fingerprint density at radius 2 is 2.53 bits per heavy atom. The van der Waals surface area contributed by atoms with Gasteiger partial charge in [-0.1, -0.05) is 13.3 Å². The number of aromatic nitrogens is 2. The topological polar surface area (TPSA) is 91.1 Å². The molecule has 0 saturated heterocycles. The molecule has 0 unspecified atom stereocenters. The first kappa shape index (κ1) is 11.5. The number of guanidine groups is 1. The van der Waals surface area contributed by atoms with Crippen molar-refractivity contribution >= 4 is 5.96 Å². The van der Waals surface area contributed by atoms with Gasteiger partial charge < -0.3 is 5.32 Å². The Bertz CT molecular complexity index is 279. The van der Waals surface area contributed by atoms with E-state index in [9.17, 15) is 0 Å². The second kappa shape index (κ2) is 6.83. The number of nitrogens with one attached hydrogen (secondary N) is 3. The fraction of sp³-hybridized carbons (Fsp3) is 0.556. The van der Waals surface area contributed by atoms with Crippen molar-refractivity contribution in [1.29, 1.82) is 0 Å². The number of hydrazine groups is 1. The van der Waals surface area contributed by atoms with Gasteiger partial charge in [0, 0.05) is 18.3 Å². The van der Waals surface area contributed by atoms with Crippen LogP contribution in [0.3, 0.4) is 0 Å². The van der Waals surface area contributed by atoms with Gasteiger partial charge in [0.05, 0.1) is 12.7 Å². The van der Waals surface area contributed by atoms with Crippen LogP contribution in [-0.4, -0.2) is 22.7 Å². The summed E-state index contributed by atoms with van der Waals surface area (Å²) >= 11 is 0. The Kier molecular flexibility index (Phi) is 5.24. The van der Waals surface area contributed by atoms with Crippen molar-refractivity contribution in [2.45, 2.75) is 26.3 Å². The highest BCUT2D eigenvalue weighted by Gasteiger charge is 1.95. The van der Waals surface area contributed by atoms with Crippen molar-refractivity contribution in [3.8, 4) is 0 Å². The third kappa shape index (κ3) is 4.46. The third-order valence-corrected chi connectivity index (χ3v) is 1.93. The number of hydrogen-bond acceptors (Lipinski definition) is 3. The van der Waals surface area contributed by atoms with Gasteiger partial charge in [0.1, 0.15) is 0 Å². The molecule has 0 amide bonds. The second-order valence-corrected chi connectivity index (χ2v) is 3.20. The van der Waals surface area contributed by atoms with Crippen LogP contribution in [0.2, 0.25) is 0 Å². The highest BCUT2D eigenvalue weighted by Crippen LogP contribution is 1.95. The van der Waals surface area contributed by atoms with E-state index in [0.717, 1.165) is 24.9 Å². The SMILES string of the molecule is CCCCNC(=NCc1cn[nH]c1)NN. The van der Waals surface area contributed by atoms with E-state index in [4.69, 9.17) is 5.84 Å². The molecule has 0 atom stereocenters. The van der Waals surface area contributed by atoms with Crippen LogP contribution in [0.15, 0.2) is 17.4 Å². The summed E-state index contributed by atoms with van der Waals surface area (Å²) in [5.41, 5.74) is 3.56. The van der Waals surface area contributed by atoms with E-state index >= 15 is 0 Å². The van der Waals surface area contributed by atoms with E-state index in [-0.39, 0.29) is 0 Å².